The van der Waals surface area contributed by atoms with Gasteiger partial charge in [0.25, 0.3) is 0 Å². The minimum absolute atomic E-state index is 0.201. The number of likely N-dealkylation sites (N-methyl/N-ethyl adjacent to an activating group) is 1. The van der Waals surface area contributed by atoms with Crippen LogP contribution in [0.1, 0.15) is 39.7 Å². The van der Waals surface area contributed by atoms with Crippen LogP contribution >= 0.6 is 11.3 Å². The molecule has 0 amide bonds. The van der Waals surface area contributed by atoms with Crippen molar-refractivity contribution in [2.75, 3.05) is 6.54 Å². The Labute approximate surface area is 114 Å². The number of benzene rings is 1. The third-order valence-corrected chi connectivity index (χ3v) is 5.21. The van der Waals surface area contributed by atoms with Crippen LogP contribution in [0.5, 0.6) is 0 Å². The molecule has 1 nitrogen and oxygen atoms in total. The predicted molar refractivity (Wildman–Crippen MR) is 82.6 cm³/mol. The third-order valence-electron chi connectivity index (χ3n) is 4.31. The predicted octanol–water partition coefficient (Wildman–Crippen LogP) is 4.57. The van der Waals surface area contributed by atoms with Gasteiger partial charge in [0.1, 0.15) is 0 Å². The van der Waals surface area contributed by atoms with Gasteiger partial charge in [0.2, 0.25) is 0 Å². The van der Waals surface area contributed by atoms with Crippen LogP contribution in [0.25, 0.3) is 10.1 Å². The van der Waals surface area contributed by atoms with E-state index in [-0.39, 0.29) is 5.41 Å². The molecule has 0 aliphatic heterocycles. The normalized spacial score (nSPS) is 16.7. The molecule has 1 aromatic heterocycles. The fraction of sp³-hybridized carbons (Fsp3) is 0.500. The molecule has 2 atom stereocenters. The van der Waals surface area contributed by atoms with Gasteiger partial charge in [-0.05, 0) is 54.4 Å². The molecule has 0 bridgehead atoms. The van der Waals surface area contributed by atoms with Gasteiger partial charge in [0.15, 0.2) is 0 Å². The number of hydrogen-bond donors (Lipinski definition) is 1. The van der Waals surface area contributed by atoms with Crippen LogP contribution < -0.4 is 5.32 Å². The Morgan fingerprint density at radius 1 is 1.28 bits per heavy atom. The first kappa shape index (κ1) is 13.6. The Morgan fingerprint density at radius 2 is 2.06 bits per heavy atom. The highest BCUT2D eigenvalue weighted by Gasteiger charge is 2.30. The standard InChI is InChI=1S/C16H23NS/c1-5-16(4,12(3)17-6-2)14-7-8-15-13(11-14)9-10-18-15/h7-12,17H,5-6H2,1-4H3. The van der Waals surface area contributed by atoms with Gasteiger partial charge in [-0.2, -0.15) is 0 Å². The highest BCUT2D eigenvalue weighted by atomic mass is 32.1. The van der Waals surface area contributed by atoms with Crippen molar-refractivity contribution >= 4 is 21.4 Å². The molecule has 2 unspecified atom stereocenters. The van der Waals surface area contributed by atoms with Crippen LogP contribution in [0.3, 0.4) is 0 Å². The number of thiophene rings is 1. The second-order valence-corrected chi connectivity index (χ2v) is 6.17. The van der Waals surface area contributed by atoms with Crippen LogP contribution in [-0.4, -0.2) is 12.6 Å². The SMILES string of the molecule is CCNC(C)C(C)(CC)c1ccc2sccc2c1. The largest absolute Gasteiger partial charge is 0.314 e. The molecule has 0 saturated heterocycles. The molecule has 0 saturated carbocycles. The second kappa shape index (κ2) is 5.41. The van der Waals surface area contributed by atoms with Gasteiger partial charge in [-0.1, -0.05) is 26.8 Å². The lowest BCUT2D eigenvalue weighted by molar-refractivity contribution is 0.329. The summed E-state index contributed by atoms with van der Waals surface area (Å²) in [5, 5.41) is 7.13. The first-order valence-electron chi connectivity index (χ1n) is 6.83. The lowest BCUT2D eigenvalue weighted by atomic mass is 9.74. The van der Waals surface area contributed by atoms with Crippen molar-refractivity contribution in [3.63, 3.8) is 0 Å². The number of hydrogen-bond acceptors (Lipinski definition) is 2. The fourth-order valence-electron chi connectivity index (χ4n) is 2.61. The Kier molecular flexibility index (Phi) is 4.08. The zero-order valence-electron chi connectivity index (χ0n) is 11.8. The Bertz CT molecular complexity index is 517. The van der Waals surface area contributed by atoms with E-state index < -0.39 is 0 Å². The lowest BCUT2D eigenvalue weighted by Gasteiger charge is -2.36. The maximum atomic E-state index is 3.58. The Hall–Kier alpha value is -0.860. The maximum absolute atomic E-state index is 3.58. The monoisotopic (exact) mass is 261 g/mol. The summed E-state index contributed by atoms with van der Waals surface area (Å²) in [6.07, 6.45) is 1.15. The molecule has 2 aromatic rings. The van der Waals surface area contributed by atoms with E-state index in [0.717, 1.165) is 13.0 Å². The Morgan fingerprint density at radius 3 is 2.72 bits per heavy atom. The minimum Gasteiger partial charge on any atom is -0.314 e. The van der Waals surface area contributed by atoms with Crippen LogP contribution in [0.15, 0.2) is 29.6 Å². The molecule has 2 rings (SSSR count). The summed E-state index contributed by atoms with van der Waals surface area (Å²) < 4.78 is 1.38. The molecule has 0 aliphatic rings. The molecule has 1 heterocycles. The van der Waals surface area contributed by atoms with Crippen molar-refractivity contribution in [3.8, 4) is 0 Å². The van der Waals surface area contributed by atoms with Gasteiger partial charge in [0, 0.05) is 16.2 Å². The van der Waals surface area contributed by atoms with Crippen molar-refractivity contribution < 1.29 is 0 Å². The van der Waals surface area contributed by atoms with E-state index in [1.807, 2.05) is 11.3 Å². The molecule has 98 valence electrons. The van der Waals surface area contributed by atoms with E-state index in [1.165, 1.54) is 15.6 Å². The summed E-state index contributed by atoms with van der Waals surface area (Å²) >= 11 is 1.82. The van der Waals surface area contributed by atoms with Crippen molar-refractivity contribution in [1.29, 1.82) is 0 Å². The summed E-state index contributed by atoms with van der Waals surface area (Å²) in [6.45, 7) is 10.1. The van der Waals surface area contributed by atoms with E-state index in [1.54, 1.807) is 0 Å². The van der Waals surface area contributed by atoms with Gasteiger partial charge in [-0.25, -0.2) is 0 Å². The van der Waals surface area contributed by atoms with E-state index in [9.17, 15) is 0 Å². The molecule has 0 radical (unpaired) electrons. The molecule has 2 heteroatoms. The summed E-state index contributed by atoms with van der Waals surface area (Å²) in [5.41, 5.74) is 1.65. The molecule has 0 aliphatic carbocycles. The molecular formula is C16H23NS. The van der Waals surface area contributed by atoms with Gasteiger partial charge in [0.05, 0.1) is 0 Å². The number of nitrogens with one attached hydrogen (secondary N) is 1. The second-order valence-electron chi connectivity index (χ2n) is 5.22. The molecule has 0 spiro atoms. The lowest BCUT2D eigenvalue weighted by Crippen LogP contribution is -2.44. The third kappa shape index (κ3) is 2.32. The van der Waals surface area contributed by atoms with Crippen molar-refractivity contribution in [2.24, 2.45) is 0 Å². The van der Waals surface area contributed by atoms with Crippen molar-refractivity contribution in [2.45, 2.75) is 45.6 Å². The van der Waals surface area contributed by atoms with Crippen LogP contribution in [0, 0.1) is 0 Å². The quantitative estimate of drug-likeness (QED) is 0.831. The van der Waals surface area contributed by atoms with E-state index in [2.05, 4.69) is 62.7 Å². The molecule has 1 N–H and O–H groups in total. The average Bonchev–Trinajstić information content (AvgIpc) is 2.85. The molecular weight excluding hydrogens is 238 g/mol. The van der Waals surface area contributed by atoms with Crippen molar-refractivity contribution in [1.82, 2.24) is 5.32 Å². The summed E-state index contributed by atoms with van der Waals surface area (Å²) in [4.78, 5) is 0. The van der Waals surface area contributed by atoms with Crippen LogP contribution in [0.4, 0.5) is 0 Å². The zero-order valence-corrected chi connectivity index (χ0v) is 12.6. The first-order chi connectivity index (χ1) is 8.61. The number of fused-ring (bicyclic) bond motifs is 1. The van der Waals surface area contributed by atoms with Gasteiger partial charge in [-0.3, -0.25) is 0 Å². The van der Waals surface area contributed by atoms with E-state index in [0.29, 0.717) is 6.04 Å². The zero-order chi connectivity index (χ0) is 13.2. The summed E-state index contributed by atoms with van der Waals surface area (Å²) in [6, 6.07) is 9.64. The maximum Gasteiger partial charge on any atom is 0.0342 e. The van der Waals surface area contributed by atoms with Gasteiger partial charge < -0.3 is 5.32 Å². The smallest absolute Gasteiger partial charge is 0.0342 e. The molecule has 18 heavy (non-hydrogen) atoms. The van der Waals surface area contributed by atoms with Gasteiger partial charge >= 0.3 is 0 Å². The summed E-state index contributed by atoms with van der Waals surface area (Å²) in [5.74, 6) is 0. The number of rotatable bonds is 5. The highest BCUT2D eigenvalue weighted by molar-refractivity contribution is 7.17. The van der Waals surface area contributed by atoms with Crippen molar-refractivity contribution in [3.05, 3.63) is 35.2 Å². The molecule has 0 fully saturated rings. The minimum atomic E-state index is 0.201. The fourth-order valence-corrected chi connectivity index (χ4v) is 3.38. The first-order valence-corrected chi connectivity index (χ1v) is 7.71. The van der Waals surface area contributed by atoms with Crippen LogP contribution in [0.2, 0.25) is 0 Å². The van der Waals surface area contributed by atoms with Gasteiger partial charge in [-0.15, -0.1) is 11.3 Å². The highest BCUT2D eigenvalue weighted by Crippen LogP contribution is 2.34. The summed E-state index contributed by atoms with van der Waals surface area (Å²) in [7, 11) is 0. The average molecular weight is 261 g/mol. The topological polar surface area (TPSA) is 12.0 Å². The Balaban J connectivity index is 2.41. The van der Waals surface area contributed by atoms with Crippen LogP contribution in [-0.2, 0) is 5.41 Å². The van der Waals surface area contributed by atoms with E-state index >= 15 is 0 Å². The van der Waals surface area contributed by atoms with E-state index in [4.69, 9.17) is 0 Å². The molecule has 1 aromatic carbocycles.